The number of nitrogens with zero attached hydrogens (tertiary/aromatic N) is 3. The van der Waals surface area contributed by atoms with Crippen LogP contribution in [0.25, 0.3) is 0 Å². The van der Waals surface area contributed by atoms with Gasteiger partial charge in [0, 0.05) is 43.5 Å². The molecule has 0 bridgehead atoms. The molecule has 0 saturated carbocycles. The van der Waals surface area contributed by atoms with E-state index in [2.05, 4.69) is 23.7 Å². The van der Waals surface area contributed by atoms with Crippen LogP contribution >= 0.6 is 0 Å². The first-order valence-electron chi connectivity index (χ1n) is 7.16. The number of fused-ring (bicyclic) bond motifs is 1. The molecule has 2 saturated heterocycles. The largest absolute Gasteiger partial charge is 0.300 e. The van der Waals surface area contributed by atoms with E-state index in [1.807, 2.05) is 0 Å². The molecule has 0 aromatic carbocycles. The number of hydrogen-bond donors (Lipinski definition) is 0. The molecule has 0 unspecified atom stereocenters. The van der Waals surface area contributed by atoms with Crippen LogP contribution < -0.4 is 0 Å². The van der Waals surface area contributed by atoms with Crippen LogP contribution in [0.3, 0.4) is 0 Å². The minimum Gasteiger partial charge on any atom is -0.300 e. The molecule has 3 rings (SSSR count). The smallest absolute Gasteiger partial charge is 0.244 e. The summed E-state index contributed by atoms with van der Waals surface area (Å²) >= 11 is 0. The predicted molar refractivity (Wildman–Crippen MR) is 76.7 cm³/mol. The zero-order valence-corrected chi connectivity index (χ0v) is 12.8. The van der Waals surface area contributed by atoms with E-state index in [9.17, 15) is 8.42 Å². The molecule has 110 valence electrons. The van der Waals surface area contributed by atoms with Crippen molar-refractivity contribution in [1.29, 1.82) is 0 Å². The van der Waals surface area contributed by atoms with E-state index in [1.165, 1.54) is 6.20 Å². The minimum atomic E-state index is -3.36. The normalized spacial score (nSPS) is 28.1. The summed E-state index contributed by atoms with van der Waals surface area (Å²) in [4.78, 5) is 6.67. The molecular formula is C14H21N3O2S. The number of pyridine rings is 1. The van der Waals surface area contributed by atoms with E-state index in [-0.39, 0.29) is 6.04 Å². The van der Waals surface area contributed by atoms with E-state index >= 15 is 0 Å². The van der Waals surface area contributed by atoms with Gasteiger partial charge in [-0.3, -0.25) is 4.98 Å². The highest BCUT2D eigenvalue weighted by atomic mass is 32.2. The molecule has 2 aliphatic rings. The first-order chi connectivity index (χ1) is 9.50. The van der Waals surface area contributed by atoms with Crippen molar-refractivity contribution in [1.82, 2.24) is 14.2 Å². The number of likely N-dealkylation sites (tertiary alicyclic amines) is 1. The second kappa shape index (κ2) is 5.09. The molecule has 0 aliphatic carbocycles. The highest BCUT2D eigenvalue weighted by Gasteiger charge is 2.48. The molecule has 3 heterocycles. The Kier molecular flexibility index (Phi) is 3.56. The van der Waals surface area contributed by atoms with Gasteiger partial charge < -0.3 is 4.90 Å². The third-order valence-electron chi connectivity index (χ3n) is 4.48. The van der Waals surface area contributed by atoms with Gasteiger partial charge in [-0.05, 0) is 38.9 Å². The lowest BCUT2D eigenvalue weighted by atomic mass is 9.85. The van der Waals surface area contributed by atoms with E-state index in [1.54, 1.807) is 22.6 Å². The third kappa shape index (κ3) is 2.25. The van der Waals surface area contributed by atoms with Crippen LogP contribution in [-0.2, 0) is 10.0 Å². The van der Waals surface area contributed by atoms with E-state index in [0.29, 0.717) is 23.4 Å². The van der Waals surface area contributed by atoms with Crippen molar-refractivity contribution in [2.45, 2.75) is 37.2 Å². The summed E-state index contributed by atoms with van der Waals surface area (Å²) in [6.45, 7) is 7.04. The molecular weight excluding hydrogens is 274 g/mol. The SMILES string of the molecule is CC(C)N1CC[C@@H]2[C@H](C1)CN2S(=O)(=O)c1cccnc1. The van der Waals surface area contributed by atoms with Gasteiger partial charge in [0.15, 0.2) is 0 Å². The summed E-state index contributed by atoms with van der Waals surface area (Å²) in [5.41, 5.74) is 0. The Morgan fingerprint density at radius 2 is 2.15 bits per heavy atom. The number of sulfonamides is 1. The third-order valence-corrected chi connectivity index (χ3v) is 6.36. The standard InChI is InChI=1S/C14H21N3O2S/c1-11(2)16-7-5-14-12(9-16)10-17(14)20(18,19)13-4-3-6-15-8-13/h3-4,6,8,11-12,14H,5,7,9-10H2,1-2H3/t12-,14-/m1/s1. The first kappa shape index (κ1) is 14.0. The fraction of sp³-hybridized carbons (Fsp3) is 0.643. The van der Waals surface area contributed by atoms with Crippen molar-refractivity contribution in [3.8, 4) is 0 Å². The van der Waals surface area contributed by atoms with Gasteiger partial charge >= 0.3 is 0 Å². The maximum absolute atomic E-state index is 12.6. The van der Waals surface area contributed by atoms with E-state index < -0.39 is 10.0 Å². The fourth-order valence-corrected chi connectivity index (χ4v) is 4.95. The maximum Gasteiger partial charge on any atom is 0.244 e. The number of aromatic nitrogens is 1. The molecule has 0 amide bonds. The van der Waals surface area contributed by atoms with Gasteiger partial charge in [-0.25, -0.2) is 8.42 Å². The summed E-state index contributed by atoms with van der Waals surface area (Å²) in [5, 5.41) is 0. The second-order valence-electron chi connectivity index (χ2n) is 5.97. The van der Waals surface area contributed by atoms with Crippen LogP contribution in [-0.4, -0.2) is 54.3 Å². The van der Waals surface area contributed by atoms with Gasteiger partial charge in [0.1, 0.15) is 4.90 Å². The average Bonchev–Trinajstić information content (AvgIpc) is 2.40. The molecule has 1 aromatic rings. The summed E-state index contributed by atoms with van der Waals surface area (Å²) in [6.07, 6.45) is 3.97. The first-order valence-corrected chi connectivity index (χ1v) is 8.60. The summed E-state index contributed by atoms with van der Waals surface area (Å²) in [6, 6.07) is 4.01. The van der Waals surface area contributed by atoms with Gasteiger partial charge in [-0.15, -0.1) is 0 Å². The van der Waals surface area contributed by atoms with E-state index in [0.717, 1.165) is 19.5 Å². The Balaban J connectivity index is 1.73. The highest BCUT2D eigenvalue weighted by molar-refractivity contribution is 7.89. The Hall–Kier alpha value is -0.980. The van der Waals surface area contributed by atoms with Crippen LogP contribution in [0.5, 0.6) is 0 Å². The minimum absolute atomic E-state index is 0.176. The summed E-state index contributed by atoms with van der Waals surface area (Å²) < 4.78 is 26.8. The molecule has 6 heteroatoms. The topological polar surface area (TPSA) is 53.5 Å². The molecule has 2 atom stereocenters. The molecule has 1 aromatic heterocycles. The van der Waals surface area contributed by atoms with Crippen LogP contribution in [0, 0.1) is 5.92 Å². The molecule has 5 nitrogen and oxygen atoms in total. The molecule has 20 heavy (non-hydrogen) atoms. The van der Waals surface area contributed by atoms with Gasteiger partial charge in [-0.1, -0.05) is 0 Å². The van der Waals surface area contributed by atoms with Crippen molar-refractivity contribution in [2.24, 2.45) is 5.92 Å². The lowest BCUT2D eigenvalue weighted by molar-refractivity contribution is 0.00220. The van der Waals surface area contributed by atoms with E-state index in [4.69, 9.17) is 0 Å². The number of hydrogen-bond acceptors (Lipinski definition) is 4. The molecule has 0 radical (unpaired) electrons. The van der Waals surface area contributed by atoms with Crippen molar-refractivity contribution < 1.29 is 8.42 Å². The van der Waals surface area contributed by atoms with Gasteiger partial charge in [-0.2, -0.15) is 4.31 Å². The second-order valence-corrected chi connectivity index (χ2v) is 7.86. The zero-order chi connectivity index (χ0) is 14.3. The average molecular weight is 295 g/mol. The predicted octanol–water partition coefficient (Wildman–Crippen LogP) is 1.18. The lowest BCUT2D eigenvalue weighted by Crippen LogP contribution is -2.65. The molecule has 0 spiro atoms. The summed E-state index contributed by atoms with van der Waals surface area (Å²) in [5.74, 6) is 0.484. The maximum atomic E-state index is 12.6. The van der Waals surface area contributed by atoms with Crippen LogP contribution in [0.4, 0.5) is 0 Å². The van der Waals surface area contributed by atoms with Crippen LogP contribution in [0.15, 0.2) is 29.4 Å². The van der Waals surface area contributed by atoms with Crippen LogP contribution in [0.1, 0.15) is 20.3 Å². The molecule has 2 fully saturated rings. The van der Waals surface area contributed by atoms with Crippen LogP contribution in [0.2, 0.25) is 0 Å². The zero-order valence-electron chi connectivity index (χ0n) is 11.9. The lowest BCUT2D eigenvalue weighted by Gasteiger charge is -2.53. The quantitative estimate of drug-likeness (QED) is 0.840. The highest BCUT2D eigenvalue weighted by Crippen LogP contribution is 2.37. The van der Waals surface area contributed by atoms with Gasteiger partial charge in [0.25, 0.3) is 0 Å². The number of piperidine rings is 1. The Morgan fingerprint density at radius 1 is 1.35 bits per heavy atom. The van der Waals surface area contributed by atoms with Gasteiger partial charge in [0.2, 0.25) is 10.0 Å². The summed E-state index contributed by atoms with van der Waals surface area (Å²) in [7, 11) is -3.36. The van der Waals surface area contributed by atoms with Crippen molar-refractivity contribution in [3.63, 3.8) is 0 Å². The van der Waals surface area contributed by atoms with Crippen molar-refractivity contribution in [3.05, 3.63) is 24.5 Å². The molecule has 2 aliphatic heterocycles. The monoisotopic (exact) mass is 295 g/mol. The number of rotatable bonds is 3. The van der Waals surface area contributed by atoms with Gasteiger partial charge in [0.05, 0.1) is 0 Å². The Labute approximate surface area is 120 Å². The van der Waals surface area contributed by atoms with Crippen molar-refractivity contribution >= 4 is 10.0 Å². The Bertz CT molecular complexity index is 573. The fourth-order valence-electron chi connectivity index (χ4n) is 3.22. The molecule has 0 N–H and O–H groups in total. The van der Waals surface area contributed by atoms with Crippen molar-refractivity contribution in [2.75, 3.05) is 19.6 Å². The Morgan fingerprint density at radius 3 is 2.75 bits per heavy atom.